The van der Waals surface area contributed by atoms with Crippen LogP contribution >= 0.6 is 0 Å². The number of carbonyl (C=O) groups is 1. The van der Waals surface area contributed by atoms with E-state index in [0.717, 1.165) is 17.8 Å². The second kappa shape index (κ2) is 7.01. The lowest BCUT2D eigenvalue weighted by molar-refractivity contribution is 0.0744. The molecule has 4 nitrogen and oxygen atoms in total. The summed E-state index contributed by atoms with van der Waals surface area (Å²) in [6, 6.07) is 5.73. The molecule has 0 spiro atoms. The molecule has 1 N–H and O–H groups in total. The van der Waals surface area contributed by atoms with Crippen molar-refractivity contribution in [1.82, 2.24) is 4.90 Å². The van der Waals surface area contributed by atoms with E-state index in [1.165, 1.54) is 0 Å². The molecule has 0 bridgehead atoms. The average Bonchev–Trinajstić information content (AvgIpc) is 2.37. The number of likely N-dealkylation sites (N-methyl/N-ethyl adjacent to an activating group) is 1. The van der Waals surface area contributed by atoms with Crippen LogP contribution in [0.5, 0.6) is 0 Å². The molecule has 0 saturated heterocycles. The van der Waals surface area contributed by atoms with Crippen LogP contribution in [-0.4, -0.2) is 44.7 Å². The van der Waals surface area contributed by atoms with E-state index >= 15 is 0 Å². The smallest absolute Gasteiger partial charge is 0.253 e. The van der Waals surface area contributed by atoms with Gasteiger partial charge in [0.2, 0.25) is 0 Å². The molecule has 18 heavy (non-hydrogen) atoms. The van der Waals surface area contributed by atoms with E-state index in [0.29, 0.717) is 18.7 Å². The van der Waals surface area contributed by atoms with Crippen molar-refractivity contribution in [3.8, 4) is 0 Å². The number of methoxy groups -OCH3 is 1. The van der Waals surface area contributed by atoms with Crippen molar-refractivity contribution in [3.63, 3.8) is 0 Å². The number of hydrogen-bond acceptors (Lipinski definition) is 3. The van der Waals surface area contributed by atoms with Crippen LogP contribution in [-0.2, 0) is 4.74 Å². The fraction of sp³-hybridized carbons (Fsp3) is 0.500. The average molecular weight is 250 g/mol. The highest BCUT2D eigenvalue weighted by Crippen LogP contribution is 2.17. The Labute approximate surface area is 109 Å². The number of nitrogens with one attached hydrogen (secondary N) is 1. The van der Waals surface area contributed by atoms with Gasteiger partial charge in [-0.2, -0.15) is 0 Å². The Morgan fingerprint density at radius 1 is 1.44 bits per heavy atom. The number of carbonyl (C=O) groups excluding carboxylic acids is 1. The first-order valence-corrected chi connectivity index (χ1v) is 6.19. The Balaban J connectivity index is 2.77. The highest BCUT2D eigenvalue weighted by atomic mass is 16.5. The Kier molecular flexibility index (Phi) is 5.65. The fourth-order valence-corrected chi connectivity index (χ4v) is 1.74. The zero-order valence-corrected chi connectivity index (χ0v) is 11.6. The van der Waals surface area contributed by atoms with Crippen LogP contribution in [0.25, 0.3) is 0 Å². The Bertz CT molecular complexity index is 405. The van der Waals surface area contributed by atoms with Gasteiger partial charge in [0.1, 0.15) is 0 Å². The van der Waals surface area contributed by atoms with E-state index in [2.05, 4.69) is 12.2 Å². The van der Waals surface area contributed by atoms with Gasteiger partial charge in [-0.25, -0.2) is 0 Å². The Hall–Kier alpha value is -1.55. The fourth-order valence-electron chi connectivity index (χ4n) is 1.74. The van der Waals surface area contributed by atoms with Gasteiger partial charge < -0.3 is 15.0 Å². The van der Waals surface area contributed by atoms with Crippen LogP contribution in [0.3, 0.4) is 0 Å². The lowest BCUT2D eigenvalue weighted by Gasteiger charge is -2.17. The van der Waals surface area contributed by atoms with Gasteiger partial charge >= 0.3 is 0 Å². The van der Waals surface area contributed by atoms with Crippen molar-refractivity contribution >= 4 is 11.6 Å². The van der Waals surface area contributed by atoms with Crippen molar-refractivity contribution in [1.29, 1.82) is 0 Å². The summed E-state index contributed by atoms with van der Waals surface area (Å²) in [6.45, 7) is 6.09. The zero-order valence-electron chi connectivity index (χ0n) is 11.6. The molecule has 1 amide bonds. The van der Waals surface area contributed by atoms with E-state index in [9.17, 15) is 4.79 Å². The first-order valence-electron chi connectivity index (χ1n) is 6.19. The highest BCUT2D eigenvalue weighted by molar-refractivity contribution is 5.94. The number of benzene rings is 1. The maximum Gasteiger partial charge on any atom is 0.253 e. The number of ether oxygens (including phenoxy) is 1. The predicted octanol–water partition coefficient (Wildman–Crippen LogP) is 2.15. The third kappa shape index (κ3) is 3.74. The number of amides is 1. The summed E-state index contributed by atoms with van der Waals surface area (Å²) in [6.07, 6.45) is 0. The number of rotatable bonds is 6. The van der Waals surface area contributed by atoms with Crippen LogP contribution in [0.1, 0.15) is 22.8 Å². The van der Waals surface area contributed by atoms with E-state index in [-0.39, 0.29) is 5.91 Å². The second-order valence-electron chi connectivity index (χ2n) is 4.28. The summed E-state index contributed by atoms with van der Waals surface area (Å²) in [4.78, 5) is 13.8. The Morgan fingerprint density at radius 3 is 2.72 bits per heavy atom. The monoisotopic (exact) mass is 250 g/mol. The topological polar surface area (TPSA) is 41.6 Å². The molecule has 1 aromatic carbocycles. The van der Waals surface area contributed by atoms with Crippen LogP contribution in [0.2, 0.25) is 0 Å². The lowest BCUT2D eigenvalue weighted by atomic mass is 10.1. The molecule has 0 aliphatic carbocycles. The van der Waals surface area contributed by atoms with Crippen molar-refractivity contribution in [2.45, 2.75) is 13.8 Å². The summed E-state index contributed by atoms with van der Waals surface area (Å²) in [7, 11) is 3.42. The molecule has 1 aromatic rings. The maximum absolute atomic E-state index is 12.1. The molecular weight excluding hydrogens is 228 g/mol. The number of aryl methyl sites for hydroxylation is 1. The van der Waals surface area contributed by atoms with Gasteiger partial charge in [0.25, 0.3) is 5.91 Å². The molecule has 1 rings (SSSR count). The molecule has 0 aliphatic rings. The maximum atomic E-state index is 12.1. The van der Waals surface area contributed by atoms with E-state index in [1.807, 2.05) is 25.1 Å². The molecule has 0 aliphatic heterocycles. The third-order valence-corrected chi connectivity index (χ3v) is 2.82. The molecule has 0 heterocycles. The molecule has 0 aromatic heterocycles. The van der Waals surface area contributed by atoms with Crippen LogP contribution < -0.4 is 5.32 Å². The molecule has 0 unspecified atom stereocenters. The van der Waals surface area contributed by atoms with Crippen molar-refractivity contribution in [2.75, 3.05) is 39.2 Å². The number of hydrogen-bond donors (Lipinski definition) is 1. The lowest BCUT2D eigenvalue weighted by Crippen LogP contribution is -2.30. The van der Waals surface area contributed by atoms with E-state index in [1.54, 1.807) is 19.1 Å². The summed E-state index contributed by atoms with van der Waals surface area (Å²) in [5, 5.41) is 3.26. The first-order chi connectivity index (χ1) is 8.60. The van der Waals surface area contributed by atoms with Gasteiger partial charge in [0.05, 0.1) is 6.61 Å². The zero-order chi connectivity index (χ0) is 13.5. The highest BCUT2D eigenvalue weighted by Gasteiger charge is 2.12. The molecule has 0 saturated carbocycles. The van der Waals surface area contributed by atoms with Gasteiger partial charge in [-0.15, -0.1) is 0 Å². The van der Waals surface area contributed by atoms with Gasteiger partial charge in [0.15, 0.2) is 0 Å². The third-order valence-electron chi connectivity index (χ3n) is 2.82. The summed E-state index contributed by atoms with van der Waals surface area (Å²) in [5.41, 5.74) is 2.88. The molecular formula is C14H22N2O2. The van der Waals surface area contributed by atoms with Crippen LogP contribution in [0.4, 0.5) is 5.69 Å². The minimum absolute atomic E-state index is 0.0261. The molecule has 0 radical (unpaired) electrons. The van der Waals surface area contributed by atoms with Crippen LogP contribution in [0, 0.1) is 6.92 Å². The largest absolute Gasteiger partial charge is 0.385 e. The molecule has 100 valence electrons. The number of nitrogens with zero attached hydrogens (tertiary/aromatic N) is 1. The van der Waals surface area contributed by atoms with Gasteiger partial charge in [-0.3, -0.25) is 4.79 Å². The number of anilines is 1. The normalized spacial score (nSPS) is 10.2. The predicted molar refractivity (Wildman–Crippen MR) is 74.2 cm³/mol. The SMILES string of the molecule is CCNc1ccc(C(=O)N(C)CCOC)cc1C. The first kappa shape index (κ1) is 14.5. The van der Waals surface area contributed by atoms with Crippen LogP contribution in [0.15, 0.2) is 18.2 Å². The van der Waals surface area contributed by atoms with Gasteiger partial charge in [0, 0.05) is 38.5 Å². The molecule has 0 fully saturated rings. The van der Waals surface area contributed by atoms with E-state index in [4.69, 9.17) is 4.74 Å². The second-order valence-corrected chi connectivity index (χ2v) is 4.28. The van der Waals surface area contributed by atoms with Crippen molar-refractivity contribution in [3.05, 3.63) is 29.3 Å². The van der Waals surface area contributed by atoms with Gasteiger partial charge in [-0.05, 0) is 37.6 Å². The standard InChI is InChI=1S/C14H22N2O2/c1-5-15-13-7-6-12(10-11(13)2)14(17)16(3)8-9-18-4/h6-7,10,15H,5,8-9H2,1-4H3. The van der Waals surface area contributed by atoms with E-state index < -0.39 is 0 Å². The molecule has 4 heteroatoms. The van der Waals surface area contributed by atoms with Crippen molar-refractivity contribution < 1.29 is 9.53 Å². The summed E-state index contributed by atoms with van der Waals surface area (Å²) < 4.78 is 4.97. The summed E-state index contributed by atoms with van der Waals surface area (Å²) in [5.74, 6) is 0.0261. The van der Waals surface area contributed by atoms with Gasteiger partial charge in [-0.1, -0.05) is 0 Å². The molecule has 0 atom stereocenters. The minimum Gasteiger partial charge on any atom is -0.385 e. The Morgan fingerprint density at radius 2 is 2.17 bits per heavy atom. The summed E-state index contributed by atoms with van der Waals surface area (Å²) >= 11 is 0. The van der Waals surface area contributed by atoms with Crippen molar-refractivity contribution in [2.24, 2.45) is 0 Å². The minimum atomic E-state index is 0.0261. The quantitative estimate of drug-likeness (QED) is 0.841.